The summed E-state index contributed by atoms with van der Waals surface area (Å²) < 4.78 is 0. The van der Waals surface area contributed by atoms with Gasteiger partial charge in [-0.05, 0) is 45.7 Å². The Kier molecular flexibility index (Phi) is 4.79. The van der Waals surface area contributed by atoms with Crippen molar-refractivity contribution in [2.75, 3.05) is 19.6 Å². The predicted octanol–water partition coefficient (Wildman–Crippen LogP) is 2.61. The maximum Gasteiger partial charge on any atom is 0.0193 e. The largest absolute Gasteiger partial charge is 0.311 e. The summed E-state index contributed by atoms with van der Waals surface area (Å²) in [7, 11) is 0. The first-order valence-electron chi connectivity index (χ1n) is 7.18. The van der Waals surface area contributed by atoms with Gasteiger partial charge in [0.25, 0.3) is 0 Å². The summed E-state index contributed by atoms with van der Waals surface area (Å²) in [5.41, 5.74) is 2.85. The number of hydrogen-bond donors (Lipinski definition) is 1. The lowest BCUT2D eigenvalue weighted by atomic mass is 10.1. The van der Waals surface area contributed by atoms with Gasteiger partial charge in [0.15, 0.2) is 0 Å². The Morgan fingerprint density at radius 1 is 1.33 bits per heavy atom. The summed E-state index contributed by atoms with van der Waals surface area (Å²) in [6.07, 6.45) is 2.47. The molecule has 0 unspecified atom stereocenters. The van der Waals surface area contributed by atoms with E-state index >= 15 is 0 Å². The van der Waals surface area contributed by atoms with E-state index in [0.29, 0.717) is 12.1 Å². The van der Waals surface area contributed by atoms with Gasteiger partial charge < -0.3 is 5.32 Å². The number of piperazine rings is 1. The first-order chi connectivity index (χ1) is 8.65. The molecule has 0 amide bonds. The number of nitrogens with one attached hydrogen (secondary N) is 1. The first kappa shape index (κ1) is 13.6. The average Bonchev–Trinajstić information content (AvgIpc) is 2.34. The van der Waals surface area contributed by atoms with Gasteiger partial charge in [0.2, 0.25) is 0 Å². The van der Waals surface area contributed by atoms with E-state index in [1.807, 2.05) is 0 Å². The van der Waals surface area contributed by atoms with Crippen LogP contribution in [0.25, 0.3) is 0 Å². The maximum atomic E-state index is 3.54. The van der Waals surface area contributed by atoms with Crippen molar-refractivity contribution in [3.05, 3.63) is 35.4 Å². The fourth-order valence-corrected chi connectivity index (χ4v) is 2.76. The van der Waals surface area contributed by atoms with Crippen LogP contribution in [0.5, 0.6) is 0 Å². The van der Waals surface area contributed by atoms with Gasteiger partial charge in [0.05, 0.1) is 0 Å². The molecule has 1 saturated heterocycles. The van der Waals surface area contributed by atoms with E-state index in [1.54, 1.807) is 0 Å². The van der Waals surface area contributed by atoms with Crippen LogP contribution in [-0.2, 0) is 6.42 Å². The Balaban J connectivity index is 1.77. The van der Waals surface area contributed by atoms with Crippen molar-refractivity contribution in [1.82, 2.24) is 10.2 Å². The molecule has 1 aromatic rings. The van der Waals surface area contributed by atoms with Crippen LogP contribution in [0.3, 0.4) is 0 Å². The molecule has 2 rings (SSSR count). The molecule has 1 aliphatic heterocycles. The van der Waals surface area contributed by atoms with Crippen molar-refractivity contribution >= 4 is 0 Å². The molecule has 2 nitrogen and oxygen atoms in total. The molecule has 1 N–H and O–H groups in total. The minimum atomic E-state index is 0.639. The van der Waals surface area contributed by atoms with Gasteiger partial charge >= 0.3 is 0 Å². The average molecular weight is 246 g/mol. The molecule has 18 heavy (non-hydrogen) atoms. The van der Waals surface area contributed by atoms with Crippen LogP contribution in [0.4, 0.5) is 0 Å². The Hall–Kier alpha value is -0.860. The number of aryl methyl sites for hydroxylation is 2. The standard InChI is InChI=1S/C16H26N2/c1-13-6-4-7-16(10-13)8-5-9-18-12-14(2)17-11-15(18)3/h4,6-7,10,14-15,17H,5,8-9,11-12H2,1-3H3/t14-,15+/m1/s1. The second-order valence-corrected chi connectivity index (χ2v) is 5.75. The lowest BCUT2D eigenvalue weighted by Crippen LogP contribution is -2.54. The van der Waals surface area contributed by atoms with E-state index in [9.17, 15) is 0 Å². The third kappa shape index (κ3) is 3.82. The van der Waals surface area contributed by atoms with E-state index in [2.05, 4.69) is 55.3 Å². The van der Waals surface area contributed by atoms with E-state index in [4.69, 9.17) is 0 Å². The van der Waals surface area contributed by atoms with E-state index in [1.165, 1.54) is 37.1 Å². The molecule has 0 spiro atoms. The van der Waals surface area contributed by atoms with Crippen LogP contribution in [0.15, 0.2) is 24.3 Å². The molecule has 0 radical (unpaired) electrons. The molecule has 1 heterocycles. The van der Waals surface area contributed by atoms with Gasteiger partial charge in [-0.2, -0.15) is 0 Å². The van der Waals surface area contributed by atoms with Crippen molar-refractivity contribution in [2.45, 2.75) is 45.7 Å². The quantitative estimate of drug-likeness (QED) is 0.878. The SMILES string of the molecule is Cc1cccc(CCCN2C[C@@H](C)NC[C@@H]2C)c1. The lowest BCUT2D eigenvalue weighted by Gasteiger charge is -2.37. The lowest BCUT2D eigenvalue weighted by molar-refractivity contribution is 0.145. The van der Waals surface area contributed by atoms with Gasteiger partial charge in [0.1, 0.15) is 0 Å². The van der Waals surface area contributed by atoms with Crippen molar-refractivity contribution in [3.8, 4) is 0 Å². The molecular weight excluding hydrogens is 220 g/mol. The maximum absolute atomic E-state index is 3.54. The summed E-state index contributed by atoms with van der Waals surface area (Å²) in [4.78, 5) is 2.62. The van der Waals surface area contributed by atoms with Gasteiger partial charge in [-0.15, -0.1) is 0 Å². The molecule has 100 valence electrons. The number of benzene rings is 1. The van der Waals surface area contributed by atoms with Gasteiger partial charge in [-0.1, -0.05) is 29.8 Å². The fraction of sp³-hybridized carbons (Fsp3) is 0.625. The summed E-state index contributed by atoms with van der Waals surface area (Å²) >= 11 is 0. The zero-order valence-electron chi connectivity index (χ0n) is 11.9. The highest BCUT2D eigenvalue weighted by Gasteiger charge is 2.21. The second kappa shape index (κ2) is 6.35. The molecule has 2 atom stereocenters. The molecule has 1 aliphatic rings. The van der Waals surface area contributed by atoms with Gasteiger partial charge in [-0.3, -0.25) is 4.90 Å². The summed E-state index contributed by atoms with van der Waals surface area (Å²) in [6.45, 7) is 10.3. The third-order valence-electron chi connectivity index (χ3n) is 3.89. The molecule has 0 aromatic heterocycles. The normalized spacial score (nSPS) is 25.3. The molecule has 0 bridgehead atoms. The smallest absolute Gasteiger partial charge is 0.0193 e. The Bertz CT molecular complexity index is 375. The van der Waals surface area contributed by atoms with Crippen LogP contribution in [0.1, 0.15) is 31.4 Å². The minimum Gasteiger partial charge on any atom is -0.311 e. The Morgan fingerprint density at radius 2 is 2.17 bits per heavy atom. The minimum absolute atomic E-state index is 0.639. The van der Waals surface area contributed by atoms with Crippen LogP contribution >= 0.6 is 0 Å². The van der Waals surface area contributed by atoms with Crippen LogP contribution in [0, 0.1) is 6.92 Å². The molecule has 0 saturated carbocycles. The van der Waals surface area contributed by atoms with Crippen molar-refractivity contribution in [2.24, 2.45) is 0 Å². The topological polar surface area (TPSA) is 15.3 Å². The monoisotopic (exact) mass is 246 g/mol. The van der Waals surface area contributed by atoms with E-state index < -0.39 is 0 Å². The van der Waals surface area contributed by atoms with Crippen molar-refractivity contribution in [1.29, 1.82) is 0 Å². The predicted molar refractivity (Wildman–Crippen MR) is 78.0 cm³/mol. The van der Waals surface area contributed by atoms with Crippen LogP contribution in [-0.4, -0.2) is 36.6 Å². The highest BCUT2D eigenvalue weighted by molar-refractivity contribution is 5.22. The van der Waals surface area contributed by atoms with Gasteiger partial charge in [0, 0.05) is 25.2 Å². The van der Waals surface area contributed by atoms with Gasteiger partial charge in [-0.25, -0.2) is 0 Å². The molecule has 1 aromatic carbocycles. The number of nitrogens with zero attached hydrogens (tertiary/aromatic N) is 1. The number of hydrogen-bond acceptors (Lipinski definition) is 2. The highest BCUT2D eigenvalue weighted by Crippen LogP contribution is 2.10. The van der Waals surface area contributed by atoms with Crippen LogP contribution < -0.4 is 5.32 Å². The third-order valence-corrected chi connectivity index (χ3v) is 3.89. The van der Waals surface area contributed by atoms with Crippen molar-refractivity contribution in [3.63, 3.8) is 0 Å². The Labute approximate surface area is 111 Å². The summed E-state index contributed by atoms with van der Waals surface area (Å²) in [5.74, 6) is 0. The number of rotatable bonds is 4. The van der Waals surface area contributed by atoms with Crippen molar-refractivity contribution < 1.29 is 0 Å². The molecular formula is C16H26N2. The Morgan fingerprint density at radius 3 is 2.94 bits per heavy atom. The van der Waals surface area contributed by atoms with E-state index in [-0.39, 0.29) is 0 Å². The second-order valence-electron chi connectivity index (χ2n) is 5.75. The van der Waals surface area contributed by atoms with E-state index in [0.717, 1.165) is 6.54 Å². The summed E-state index contributed by atoms with van der Waals surface area (Å²) in [6, 6.07) is 10.2. The van der Waals surface area contributed by atoms with Crippen LogP contribution in [0.2, 0.25) is 0 Å². The molecule has 2 heteroatoms. The first-order valence-corrected chi connectivity index (χ1v) is 7.18. The molecule has 1 fully saturated rings. The summed E-state index contributed by atoms with van der Waals surface area (Å²) in [5, 5.41) is 3.54. The fourth-order valence-electron chi connectivity index (χ4n) is 2.76. The molecule has 0 aliphatic carbocycles. The zero-order chi connectivity index (χ0) is 13.0. The highest BCUT2D eigenvalue weighted by atomic mass is 15.2. The zero-order valence-corrected chi connectivity index (χ0v) is 11.9.